The minimum Gasteiger partial charge on any atom is -0.464 e. The molecule has 0 saturated carbocycles. The Kier molecular flexibility index (Phi) is 3.40. The molecule has 0 N–H and O–H groups in total. The van der Waals surface area contributed by atoms with Gasteiger partial charge in [0.1, 0.15) is 5.75 Å². The van der Waals surface area contributed by atoms with Gasteiger partial charge in [-0.25, -0.2) is 5.01 Å². The van der Waals surface area contributed by atoms with E-state index >= 15 is 0 Å². The van der Waals surface area contributed by atoms with E-state index in [2.05, 4.69) is 40.0 Å². The van der Waals surface area contributed by atoms with Crippen LogP contribution in [0.5, 0.6) is 5.75 Å². The summed E-state index contributed by atoms with van der Waals surface area (Å²) in [6.07, 6.45) is 0.695. The summed E-state index contributed by atoms with van der Waals surface area (Å²) < 4.78 is 6.28. The van der Waals surface area contributed by atoms with Gasteiger partial charge >= 0.3 is 0 Å². The third-order valence-corrected chi connectivity index (χ3v) is 6.40. The number of fused-ring (bicyclic) bond motifs is 3. The molecule has 0 bridgehead atoms. The third-order valence-electron chi connectivity index (χ3n) is 4.34. The lowest BCUT2D eigenvalue weighted by atomic mass is 9.98. The van der Waals surface area contributed by atoms with Gasteiger partial charge < -0.3 is 4.74 Å². The molecular formula is C18H13ClN2OS2. The van der Waals surface area contributed by atoms with Gasteiger partial charge in [-0.3, -0.25) is 0 Å². The van der Waals surface area contributed by atoms with Crippen molar-refractivity contribution in [3.8, 4) is 5.75 Å². The minimum atomic E-state index is -0.180. The molecule has 5 rings (SSSR count). The summed E-state index contributed by atoms with van der Waals surface area (Å²) in [4.78, 5) is 2.38. The fourth-order valence-corrected chi connectivity index (χ4v) is 4.91. The van der Waals surface area contributed by atoms with E-state index in [4.69, 9.17) is 21.4 Å². The van der Waals surface area contributed by atoms with E-state index < -0.39 is 0 Å². The molecule has 3 aromatic rings. The Labute approximate surface area is 152 Å². The number of ether oxygens (including phenoxy) is 1. The Hall–Kier alpha value is -1.82. The van der Waals surface area contributed by atoms with Crippen LogP contribution < -0.4 is 4.74 Å². The zero-order valence-electron chi connectivity index (χ0n) is 12.6. The molecule has 2 aromatic heterocycles. The highest BCUT2D eigenvalue weighted by Gasteiger charge is 2.41. The van der Waals surface area contributed by atoms with Crippen LogP contribution in [0.2, 0.25) is 5.02 Å². The van der Waals surface area contributed by atoms with E-state index in [1.54, 1.807) is 22.7 Å². The maximum absolute atomic E-state index is 6.28. The highest BCUT2D eigenvalue weighted by molar-refractivity contribution is 7.12. The predicted molar refractivity (Wildman–Crippen MR) is 99.2 cm³/mol. The van der Waals surface area contributed by atoms with Crippen molar-refractivity contribution in [3.63, 3.8) is 0 Å². The largest absolute Gasteiger partial charge is 0.464 e. The molecule has 0 unspecified atom stereocenters. The first kappa shape index (κ1) is 14.5. The Bertz CT molecular complexity index is 905. The molecule has 24 heavy (non-hydrogen) atoms. The van der Waals surface area contributed by atoms with Gasteiger partial charge in [-0.05, 0) is 41.1 Å². The SMILES string of the molecule is Clc1ccc2c(c1)[C@H]1CC(c3cccs3)=NN1[C@H](c1cccs1)O2. The first-order valence-electron chi connectivity index (χ1n) is 7.69. The molecule has 2 aliphatic heterocycles. The van der Waals surface area contributed by atoms with E-state index in [0.29, 0.717) is 0 Å². The lowest BCUT2D eigenvalue weighted by Gasteiger charge is -2.37. The fraction of sp³-hybridized carbons (Fsp3) is 0.167. The van der Waals surface area contributed by atoms with Gasteiger partial charge in [0.25, 0.3) is 0 Å². The zero-order valence-corrected chi connectivity index (χ0v) is 14.9. The number of thiophene rings is 2. The lowest BCUT2D eigenvalue weighted by molar-refractivity contribution is -0.0165. The molecule has 2 atom stereocenters. The van der Waals surface area contributed by atoms with Crippen LogP contribution in [0.1, 0.15) is 34.0 Å². The van der Waals surface area contributed by atoms with Crippen molar-refractivity contribution < 1.29 is 4.74 Å². The molecule has 0 fully saturated rings. The second-order valence-electron chi connectivity index (χ2n) is 5.79. The maximum Gasteiger partial charge on any atom is 0.222 e. The first-order chi connectivity index (χ1) is 11.8. The topological polar surface area (TPSA) is 24.8 Å². The van der Waals surface area contributed by atoms with E-state index in [1.165, 1.54) is 4.88 Å². The number of hydrogen-bond acceptors (Lipinski definition) is 5. The van der Waals surface area contributed by atoms with Gasteiger partial charge in [0.05, 0.1) is 21.5 Å². The summed E-state index contributed by atoms with van der Waals surface area (Å²) >= 11 is 9.65. The molecule has 4 heterocycles. The van der Waals surface area contributed by atoms with Crippen LogP contribution in [-0.4, -0.2) is 10.7 Å². The lowest BCUT2D eigenvalue weighted by Crippen LogP contribution is -2.33. The van der Waals surface area contributed by atoms with Crippen molar-refractivity contribution >= 4 is 40.0 Å². The molecule has 120 valence electrons. The summed E-state index contributed by atoms with van der Waals surface area (Å²) in [7, 11) is 0. The normalized spacial score (nSPS) is 21.9. The Morgan fingerprint density at radius 3 is 2.79 bits per heavy atom. The number of hydrogen-bond donors (Lipinski definition) is 0. The Balaban J connectivity index is 1.62. The average molecular weight is 373 g/mol. The van der Waals surface area contributed by atoms with Gasteiger partial charge in [-0.15, -0.1) is 22.7 Å². The van der Waals surface area contributed by atoms with Crippen LogP contribution in [0.15, 0.2) is 58.3 Å². The predicted octanol–water partition coefficient (Wildman–Crippen LogP) is 5.71. The quantitative estimate of drug-likeness (QED) is 0.576. The summed E-state index contributed by atoms with van der Waals surface area (Å²) in [5.74, 6) is 0.904. The first-order valence-corrected chi connectivity index (χ1v) is 9.82. The van der Waals surface area contributed by atoms with Gasteiger partial charge in [0.15, 0.2) is 0 Å². The van der Waals surface area contributed by atoms with Crippen molar-refractivity contribution in [2.24, 2.45) is 5.10 Å². The summed E-state index contributed by atoms with van der Waals surface area (Å²) in [6.45, 7) is 0. The van der Waals surface area contributed by atoms with Gasteiger partial charge in [0.2, 0.25) is 6.23 Å². The summed E-state index contributed by atoms with van der Waals surface area (Å²) in [6, 6.07) is 14.4. The number of hydrazone groups is 1. The Morgan fingerprint density at radius 2 is 2.00 bits per heavy atom. The molecule has 1 aromatic carbocycles. The fourth-order valence-electron chi connectivity index (χ4n) is 3.27. The van der Waals surface area contributed by atoms with Gasteiger partial charge in [-0.2, -0.15) is 5.10 Å². The van der Waals surface area contributed by atoms with Crippen LogP contribution in [0, 0.1) is 0 Å². The highest BCUT2D eigenvalue weighted by atomic mass is 35.5. The zero-order chi connectivity index (χ0) is 16.1. The standard InChI is InChI=1S/C18H13ClN2OS2/c19-11-5-6-15-12(9-11)14-10-13(16-3-1-7-23-16)20-21(14)18(22-15)17-4-2-8-24-17/h1-9,14,18H,10H2/t14-,18+/m1/s1. The van der Waals surface area contributed by atoms with Crippen LogP contribution in [0.4, 0.5) is 0 Å². The van der Waals surface area contributed by atoms with Crippen LogP contribution in [-0.2, 0) is 0 Å². The molecule has 0 spiro atoms. The van der Waals surface area contributed by atoms with E-state index in [9.17, 15) is 0 Å². The molecule has 3 nitrogen and oxygen atoms in total. The summed E-state index contributed by atoms with van der Waals surface area (Å²) in [5, 5.41) is 11.9. The van der Waals surface area contributed by atoms with Gasteiger partial charge in [-0.1, -0.05) is 23.7 Å². The summed E-state index contributed by atoms with van der Waals surface area (Å²) in [5.41, 5.74) is 2.23. The third kappa shape index (κ3) is 2.27. The monoisotopic (exact) mass is 372 g/mol. The number of rotatable bonds is 2. The van der Waals surface area contributed by atoms with Crippen LogP contribution >= 0.6 is 34.3 Å². The molecule has 0 aliphatic carbocycles. The average Bonchev–Trinajstić information content (AvgIpc) is 3.33. The minimum absolute atomic E-state index is 0.164. The van der Waals surface area contributed by atoms with Crippen LogP contribution in [0.3, 0.4) is 0 Å². The number of halogens is 1. The van der Waals surface area contributed by atoms with Crippen LogP contribution in [0.25, 0.3) is 0 Å². The molecule has 2 aliphatic rings. The van der Waals surface area contributed by atoms with Crippen molar-refractivity contribution in [2.45, 2.75) is 18.7 Å². The second-order valence-corrected chi connectivity index (χ2v) is 8.16. The van der Waals surface area contributed by atoms with Crippen molar-refractivity contribution in [1.82, 2.24) is 5.01 Å². The maximum atomic E-state index is 6.28. The second kappa shape index (κ2) is 5.62. The van der Waals surface area contributed by atoms with Crippen molar-refractivity contribution in [2.75, 3.05) is 0 Å². The molecule has 6 heteroatoms. The smallest absolute Gasteiger partial charge is 0.222 e. The van der Waals surface area contributed by atoms with E-state index in [0.717, 1.165) is 33.3 Å². The molecule has 0 radical (unpaired) electrons. The molecular weight excluding hydrogens is 360 g/mol. The van der Waals surface area contributed by atoms with E-state index in [-0.39, 0.29) is 12.3 Å². The highest BCUT2D eigenvalue weighted by Crippen LogP contribution is 2.48. The van der Waals surface area contributed by atoms with E-state index in [1.807, 2.05) is 18.2 Å². The number of nitrogens with zero attached hydrogens (tertiary/aromatic N) is 2. The van der Waals surface area contributed by atoms with Gasteiger partial charge in [0, 0.05) is 17.0 Å². The van der Waals surface area contributed by atoms with Crippen molar-refractivity contribution in [3.05, 3.63) is 73.6 Å². The number of benzene rings is 1. The van der Waals surface area contributed by atoms with Crippen molar-refractivity contribution in [1.29, 1.82) is 0 Å². The Morgan fingerprint density at radius 1 is 1.12 bits per heavy atom. The molecule has 0 amide bonds. The molecule has 0 saturated heterocycles.